The maximum absolute atomic E-state index is 13.5. The molecule has 0 aliphatic carbocycles. The highest BCUT2D eigenvalue weighted by Gasteiger charge is 2.49. The van der Waals surface area contributed by atoms with Crippen molar-refractivity contribution in [1.29, 1.82) is 0 Å². The fourth-order valence-corrected chi connectivity index (χ4v) is 5.63. The van der Waals surface area contributed by atoms with Crippen molar-refractivity contribution in [3.05, 3.63) is 73.2 Å². The van der Waals surface area contributed by atoms with Gasteiger partial charge in [0, 0.05) is 5.56 Å². The smallest absolute Gasteiger partial charge is 0.350 e. The van der Waals surface area contributed by atoms with E-state index in [0.29, 0.717) is 22.4 Å². The Morgan fingerprint density at radius 1 is 1.14 bits per heavy atom. The van der Waals surface area contributed by atoms with Crippen LogP contribution in [0.15, 0.2) is 40.4 Å². The van der Waals surface area contributed by atoms with Crippen LogP contribution in [-0.2, 0) is 14.3 Å². The SMILES string of the molecule is COC(=O)c1sc(N2C(=O)C(=O)C(=C(O)c3cc(C)ccc3C)C2c2cc(Br)c(O)c(OC)c2)nc1C. The largest absolute Gasteiger partial charge is 0.507 e. The first-order chi connectivity index (χ1) is 17.5. The Hall–Kier alpha value is -3.70. The Morgan fingerprint density at radius 3 is 2.49 bits per heavy atom. The Balaban J connectivity index is 2.03. The summed E-state index contributed by atoms with van der Waals surface area (Å²) in [6.45, 7) is 5.22. The second kappa shape index (κ2) is 9.98. The van der Waals surface area contributed by atoms with Crippen LogP contribution >= 0.6 is 27.3 Å². The number of nitrogens with zero attached hydrogens (tertiary/aromatic N) is 2. The number of anilines is 1. The van der Waals surface area contributed by atoms with Gasteiger partial charge < -0.3 is 19.7 Å². The van der Waals surface area contributed by atoms with Gasteiger partial charge in [-0.25, -0.2) is 9.78 Å². The monoisotopic (exact) mass is 586 g/mol. The number of aryl methyl sites for hydroxylation is 3. The lowest BCUT2D eigenvalue weighted by Gasteiger charge is -2.24. The summed E-state index contributed by atoms with van der Waals surface area (Å²) in [7, 11) is 2.60. The molecule has 1 saturated heterocycles. The number of amides is 1. The molecule has 9 nitrogen and oxygen atoms in total. The highest BCUT2D eigenvalue weighted by atomic mass is 79.9. The average Bonchev–Trinajstić information content (AvgIpc) is 3.38. The van der Waals surface area contributed by atoms with Crippen molar-refractivity contribution in [2.75, 3.05) is 19.1 Å². The van der Waals surface area contributed by atoms with Gasteiger partial charge in [0.25, 0.3) is 5.78 Å². The summed E-state index contributed by atoms with van der Waals surface area (Å²) >= 11 is 4.18. The Morgan fingerprint density at radius 2 is 1.84 bits per heavy atom. The van der Waals surface area contributed by atoms with Crippen molar-refractivity contribution < 1.29 is 34.1 Å². The van der Waals surface area contributed by atoms with Gasteiger partial charge in [0.15, 0.2) is 16.6 Å². The first-order valence-electron chi connectivity index (χ1n) is 11.0. The van der Waals surface area contributed by atoms with E-state index in [1.165, 1.54) is 26.4 Å². The highest BCUT2D eigenvalue weighted by molar-refractivity contribution is 9.10. The van der Waals surface area contributed by atoms with Crippen LogP contribution in [0.25, 0.3) is 5.76 Å². The van der Waals surface area contributed by atoms with Crippen LogP contribution in [0.4, 0.5) is 5.13 Å². The number of ether oxygens (including phenoxy) is 2. The number of benzene rings is 2. The number of aromatic nitrogens is 1. The quantitative estimate of drug-likeness (QED) is 0.186. The van der Waals surface area contributed by atoms with E-state index >= 15 is 0 Å². The number of aliphatic hydroxyl groups excluding tert-OH is 1. The molecule has 2 aromatic carbocycles. The number of thiazole rings is 1. The molecule has 1 amide bonds. The van der Waals surface area contributed by atoms with Crippen LogP contribution < -0.4 is 9.64 Å². The molecule has 2 heterocycles. The van der Waals surface area contributed by atoms with Gasteiger partial charge in [0.1, 0.15) is 10.6 Å². The molecule has 11 heteroatoms. The number of ketones is 1. The van der Waals surface area contributed by atoms with Crippen LogP contribution in [0.3, 0.4) is 0 Å². The summed E-state index contributed by atoms with van der Waals surface area (Å²) in [5.74, 6) is -2.90. The standard InChI is InChI=1S/C26H23BrN2O7S/c1-11-6-7-12(2)15(8-11)20(30)18-19(14-9-16(27)21(31)17(10-14)35-4)29(24(33)22(18)32)26-28-13(3)23(37-26)25(34)36-5/h6-10,19,30-31H,1-5H3. The zero-order valence-electron chi connectivity index (χ0n) is 20.6. The van der Waals surface area contributed by atoms with Crippen molar-refractivity contribution in [3.63, 3.8) is 0 Å². The van der Waals surface area contributed by atoms with E-state index in [9.17, 15) is 24.6 Å². The first-order valence-corrected chi connectivity index (χ1v) is 12.6. The number of carbonyl (C=O) groups excluding carboxylic acids is 3. The predicted molar refractivity (Wildman–Crippen MR) is 141 cm³/mol. The van der Waals surface area contributed by atoms with Crippen LogP contribution in [0, 0.1) is 20.8 Å². The molecule has 1 fully saturated rings. The average molecular weight is 587 g/mol. The Bertz CT molecular complexity index is 1490. The minimum Gasteiger partial charge on any atom is -0.507 e. The fourth-order valence-electron chi connectivity index (χ4n) is 4.16. The number of aromatic hydroxyl groups is 1. The zero-order valence-corrected chi connectivity index (χ0v) is 23.0. The van der Waals surface area contributed by atoms with Gasteiger partial charge in [0.05, 0.1) is 36.0 Å². The number of hydrogen-bond donors (Lipinski definition) is 2. The molecule has 4 rings (SSSR count). The molecule has 1 aromatic heterocycles. The van der Waals surface area contributed by atoms with Crippen molar-refractivity contribution in [2.24, 2.45) is 0 Å². The number of esters is 1. The second-order valence-corrected chi connectivity index (χ2v) is 10.3. The number of Topliss-reactive ketones (excluding diaryl/α,β-unsaturated/α-hetero) is 1. The first kappa shape index (κ1) is 26.4. The van der Waals surface area contributed by atoms with Crippen molar-refractivity contribution >= 4 is 55.8 Å². The summed E-state index contributed by atoms with van der Waals surface area (Å²) in [4.78, 5) is 44.8. The number of phenolic OH excluding ortho intramolecular Hbond substituents is 1. The summed E-state index contributed by atoms with van der Waals surface area (Å²) in [6.07, 6.45) is 0. The second-order valence-electron chi connectivity index (χ2n) is 8.44. The van der Waals surface area contributed by atoms with E-state index in [4.69, 9.17) is 9.47 Å². The third kappa shape index (κ3) is 4.49. The minimum atomic E-state index is -1.14. The lowest BCUT2D eigenvalue weighted by molar-refractivity contribution is -0.132. The maximum Gasteiger partial charge on any atom is 0.350 e. The minimum absolute atomic E-state index is 0.0770. The van der Waals surface area contributed by atoms with E-state index in [1.54, 1.807) is 19.9 Å². The summed E-state index contributed by atoms with van der Waals surface area (Å²) in [5, 5.41) is 21.9. The number of aliphatic hydroxyl groups is 1. The third-order valence-electron chi connectivity index (χ3n) is 6.04. The van der Waals surface area contributed by atoms with Crippen LogP contribution in [0.2, 0.25) is 0 Å². The highest BCUT2D eigenvalue weighted by Crippen LogP contribution is 2.47. The molecule has 37 heavy (non-hydrogen) atoms. The molecule has 2 N–H and O–H groups in total. The molecular formula is C26H23BrN2O7S. The Labute approximate surface area is 225 Å². The normalized spacial score (nSPS) is 16.8. The number of carbonyl (C=O) groups is 3. The molecule has 1 atom stereocenters. The molecule has 0 saturated carbocycles. The van der Waals surface area contributed by atoms with Crippen LogP contribution in [-0.4, -0.2) is 47.1 Å². The van der Waals surface area contributed by atoms with Gasteiger partial charge in [-0.1, -0.05) is 29.0 Å². The zero-order chi connectivity index (χ0) is 27.2. The summed E-state index contributed by atoms with van der Waals surface area (Å²) < 4.78 is 10.4. The molecule has 1 aliphatic rings. The number of rotatable bonds is 5. The third-order valence-corrected chi connectivity index (χ3v) is 7.78. The van der Waals surface area contributed by atoms with Gasteiger partial charge in [-0.05, 0) is 66.0 Å². The van der Waals surface area contributed by atoms with Gasteiger partial charge in [-0.2, -0.15) is 0 Å². The number of phenols is 1. The number of halogens is 1. The van der Waals surface area contributed by atoms with Crippen LogP contribution in [0.5, 0.6) is 11.5 Å². The van der Waals surface area contributed by atoms with E-state index in [-0.39, 0.29) is 37.3 Å². The van der Waals surface area contributed by atoms with E-state index < -0.39 is 23.7 Å². The van der Waals surface area contributed by atoms with Crippen molar-refractivity contribution in [2.45, 2.75) is 26.8 Å². The van der Waals surface area contributed by atoms with Gasteiger partial charge in [-0.15, -0.1) is 0 Å². The van der Waals surface area contributed by atoms with Gasteiger partial charge in [0.2, 0.25) is 0 Å². The Kier molecular flexibility index (Phi) is 7.11. The lowest BCUT2D eigenvalue weighted by Crippen LogP contribution is -2.29. The van der Waals surface area contributed by atoms with E-state index in [2.05, 4.69) is 20.9 Å². The van der Waals surface area contributed by atoms with Crippen molar-refractivity contribution in [1.82, 2.24) is 4.98 Å². The molecule has 1 unspecified atom stereocenters. The van der Waals surface area contributed by atoms with Gasteiger partial charge >= 0.3 is 11.9 Å². The topological polar surface area (TPSA) is 126 Å². The summed E-state index contributed by atoms with van der Waals surface area (Å²) in [5.41, 5.74) is 2.48. The summed E-state index contributed by atoms with van der Waals surface area (Å²) in [6, 6.07) is 7.27. The molecule has 3 aromatic rings. The molecule has 0 radical (unpaired) electrons. The number of hydrogen-bond acceptors (Lipinski definition) is 9. The predicted octanol–water partition coefficient (Wildman–Crippen LogP) is 4.96. The molecule has 192 valence electrons. The number of methoxy groups -OCH3 is 2. The van der Waals surface area contributed by atoms with Crippen molar-refractivity contribution in [3.8, 4) is 11.5 Å². The van der Waals surface area contributed by atoms with E-state index in [0.717, 1.165) is 21.8 Å². The molecule has 0 spiro atoms. The lowest BCUT2D eigenvalue weighted by atomic mass is 9.93. The fraction of sp³-hybridized carbons (Fsp3) is 0.231. The maximum atomic E-state index is 13.5. The van der Waals surface area contributed by atoms with Crippen LogP contribution in [0.1, 0.15) is 43.7 Å². The molecule has 1 aliphatic heterocycles. The molecule has 0 bridgehead atoms. The van der Waals surface area contributed by atoms with Gasteiger partial charge in [-0.3, -0.25) is 14.5 Å². The molecular weight excluding hydrogens is 564 g/mol. The van der Waals surface area contributed by atoms with E-state index in [1.807, 2.05) is 19.1 Å².